The highest BCUT2D eigenvalue weighted by Gasteiger charge is 2.26. The molecular weight excluding hydrogens is 206 g/mol. The van der Waals surface area contributed by atoms with Gasteiger partial charge in [0.2, 0.25) is 0 Å². The number of carbonyl (C=O) groups excluding carboxylic acids is 1. The Morgan fingerprint density at radius 3 is 2.94 bits per heavy atom. The maximum Gasteiger partial charge on any atom is 0.191 e. The number of Topliss-reactive ketones (excluding diaryl/α,β-unsaturated/α-hetero) is 1. The van der Waals surface area contributed by atoms with Crippen LogP contribution in [-0.2, 0) is 6.42 Å². The standard InChI is InChI=1S/C12H13NO3/c1-16-9-5-6-10-8(7-9)3-2-4-11(13-15)12(10)14/h5-7,11H,2-4H2,1H3. The zero-order chi connectivity index (χ0) is 11.5. The number of nitroso groups, excluding NO2 is 1. The predicted octanol–water partition coefficient (Wildman–Crippen LogP) is 2.35. The van der Waals surface area contributed by atoms with E-state index in [-0.39, 0.29) is 5.78 Å². The van der Waals surface area contributed by atoms with E-state index in [0.29, 0.717) is 12.0 Å². The molecule has 2 rings (SSSR count). The minimum absolute atomic E-state index is 0.162. The topological polar surface area (TPSA) is 55.7 Å². The van der Waals surface area contributed by atoms with Crippen molar-refractivity contribution in [1.82, 2.24) is 0 Å². The third-order valence-electron chi connectivity index (χ3n) is 2.93. The fourth-order valence-corrected chi connectivity index (χ4v) is 2.04. The second-order valence-corrected chi connectivity index (χ2v) is 3.90. The number of benzene rings is 1. The van der Waals surface area contributed by atoms with E-state index in [0.717, 1.165) is 24.2 Å². The lowest BCUT2D eigenvalue weighted by atomic mass is 10.0. The van der Waals surface area contributed by atoms with E-state index in [4.69, 9.17) is 4.74 Å². The summed E-state index contributed by atoms with van der Waals surface area (Å²) in [5, 5.41) is 2.90. The van der Waals surface area contributed by atoms with Crippen molar-refractivity contribution in [1.29, 1.82) is 0 Å². The molecule has 4 nitrogen and oxygen atoms in total. The first kappa shape index (κ1) is 10.8. The summed E-state index contributed by atoms with van der Waals surface area (Å²) < 4.78 is 5.11. The fraction of sp³-hybridized carbons (Fsp3) is 0.417. The van der Waals surface area contributed by atoms with E-state index < -0.39 is 6.04 Å². The molecule has 0 saturated heterocycles. The zero-order valence-corrected chi connectivity index (χ0v) is 9.10. The van der Waals surface area contributed by atoms with Gasteiger partial charge in [-0.3, -0.25) is 4.79 Å². The predicted molar refractivity (Wildman–Crippen MR) is 59.8 cm³/mol. The number of hydrogen-bond acceptors (Lipinski definition) is 4. The SMILES string of the molecule is COc1ccc2c(c1)CCCC(N=O)C2=O. The minimum atomic E-state index is -0.713. The van der Waals surface area contributed by atoms with Crippen LogP contribution in [0.25, 0.3) is 0 Å². The van der Waals surface area contributed by atoms with Crippen molar-refractivity contribution in [2.24, 2.45) is 5.18 Å². The van der Waals surface area contributed by atoms with Crippen molar-refractivity contribution in [2.75, 3.05) is 7.11 Å². The van der Waals surface area contributed by atoms with E-state index in [1.807, 2.05) is 6.07 Å². The van der Waals surface area contributed by atoms with Gasteiger partial charge in [0.15, 0.2) is 11.8 Å². The van der Waals surface area contributed by atoms with Crippen LogP contribution >= 0.6 is 0 Å². The maximum absolute atomic E-state index is 11.9. The molecule has 0 saturated carbocycles. The van der Waals surface area contributed by atoms with Crippen LogP contribution in [0.15, 0.2) is 23.4 Å². The molecule has 84 valence electrons. The van der Waals surface area contributed by atoms with Crippen molar-refractivity contribution >= 4 is 5.78 Å². The third kappa shape index (κ3) is 1.83. The van der Waals surface area contributed by atoms with Gasteiger partial charge in [-0.25, -0.2) is 0 Å². The van der Waals surface area contributed by atoms with Gasteiger partial charge in [0, 0.05) is 5.56 Å². The van der Waals surface area contributed by atoms with Gasteiger partial charge >= 0.3 is 0 Å². The van der Waals surface area contributed by atoms with Gasteiger partial charge in [-0.1, -0.05) is 5.18 Å². The summed E-state index contributed by atoms with van der Waals surface area (Å²) in [7, 11) is 1.59. The Morgan fingerprint density at radius 2 is 2.25 bits per heavy atom. The van der Waals surface area contributed by atoms with Gasteiger partial charge in [0.05, 0.1) is 7.11 Å². The van der Waals surface area contributed by atoms with E-state index in [2.05, 4.69) is 5.18 Å². The lowest BCUT2D eigenvalue weighted by Gasteiger charge is -2.07. The first-order valence-corrected chi connectivity index (χ1v) is 5.30. The van der Waals surface area contributed by atoms with Crippen LogP contribution in [0.5, 0.6) is 5.75 Å². The molecule has 16 heavy (non-hydrogen) atoms. The molecular formula is C12H13NO3. The first-order valence-electron chi connectivity index (χ1n) is 5.30. The summed E-state index contributed by atoms with van der Waals surface area (Å²) in [6, 6.07) is 4.61. The van der Waals surface area contributed by atoms with E-state index in [1.54, 1.807) is 19.2 Å². The average Bonchev–Trinajstić information content (AvgIpc) is 2.48. The highest BCUT2D eigenvalue weighted by molar-refractivity contribution is 6.01. The molecule has 1 atom stereocenters. The van der Waals surface area contributed by atoms with Gasteiger partial charge in [-0.05, 0) is 43.0 Å². The van der Waals surface area contributed by atoms with E-state index in [1.165, 1.54) is 0 Å². The number of ether oxygens (including phenoxy) is 1. The van der Waals surface area contributed by atoms with Crippen LogP contribution in [0.2, 0.25) is 0 Å². The Hall–Kier alpha value is -1.71. The number of fused-ring (bicyclic) bond motifs is 1. The Labute approximate surface area is 93.6 Å². The summed E-state index contributed by atoms with van der Waals surface area (Å²) in [6.07, 6.45) is 2.14. The summed E-state index contributed by atoms with van der Waals surface area (Å²) in [4.78, 5) is 22.5. The van der Waals surface area contributed by atoms with Gasteiger partial charge in [-0.2, -0.15) is 4.91 Å². The molecule has 0 aromatic heterocycles. The Kier molecular flexibility index (Phi) is 2.99. The van der Waals surface area contributed by atoms with E-state index in [9.17, 15) is 9.70 Å². The van der Waals surface area contributed by atoms with Crippen molar-refractivity contribution in [3.05, 3.63) is 34.2 Å². The number of aryl methyl sites for hydroxylation is 1. The van der Waals surface area contributed by atoms with Gasteiger partial charge < -0.3 is 4.74 Å². The molecule has 0 aliphatic heterocycles. The van der Waals surface area contributed by atoms with Gasteiger partial charge in [0.1, 0.15) is 5.75 Å². The molecule has 0 N–H and O–H groups in total. The van der Waals surface area contributed by atoms with Crippen LogP contribution in [0.1, 0.15) is 28.8 Å². The third-order valence-corrected chi connectivity index (χ3v) is 2.93. The fourth-order valence-electron chi connectivity index (χ4n) is 2.04. The van der Waals surface area contributed by atoms with Crippen LogP contribution in [0.3, 0.4) is 0 Å². The van der Waals surface area contributed by atoms with Gasteiger partial charge in [-0.15, -0.1) is 0 Å². The summed E-state index contributed by atoms with van der Waals surface area (Å²) in [6.45, 7) is 0. The van der Waals surface area contributed by atoms with Crippen LogP contribution < -0.4 is 4.74 Å². The Morgan fingerprint density at radius 1 is 1.44 bits per heavy atom. The second-order valence-electron chi connectivity index (χ2n) is 3.90. The molecule has 0 fully saturated rings. The number of hydrogen-bond donors (Lipinski definition) is 0. The molecule has 0 heterocycles. The highest BCUT2D eigenvalue weighted by Crippen LogP contribution is 2.25. The number of nitrogens with zero attached hydrogens (tertiary/aromatic N) is 1. The smallest absolute Gasteiger partial charge is 0.191 e. The monoisotopic (exact) mass is 219 g/mol. The molecule has 4 heteroatoms. The summed E-state index contributed by atoms with van der Waals surface area (Å²) in [5.41, 5.74) is 1.57. The normalized spacial score (nSPS) is 19.8. The van der Waals surface area contributed by atoms with E-state index >= 15 is 0 Å². The largest absolute Gasteiger partial charge is 0.497 e. The van der Waals surface area contributed by atoms with Crippen LogP contribution in [0.4, 0.5) is 0 Å². The van der Waals surface area contributed by atoms with Crippen molar-refractivity contribution in [2.45, 2.75) is 25.3 Å². The molecule has 1 aliphatic carbocycles. The van der Waals surface area contributed by atoms with Gasteiger partial charge in [0.25, 0.3) is 0 Å². The zero-order valence-electron chi connectivity index (χ0n) is 9.10. The molecule has 0 spiro atoms. The molecule has 0 amide bonds. The Bertz CT molecular complexity index is 428. The highest BCUT2D eigenvalue weighted by atomic mass is 16.5. The second kappa shape index (κ2) is 4.43. The van der Waals surface area contributed by atoms with Crippen molar-refractivity contribution in [3.63, 3.8) is 0 Å². The minimum Gasteiger partial charge on any atom is -0.497 e. The van der Waals surface area contributed by atoms with Crippen LogP contribution in [0, 0.1) is 4.91 Å². The quantitative estimate of drug-likeness (QED) is 0.566. The molecule has 1 aromatic carbocycles. The summed E-state index contributed by atoms with van der Waals surface area (Å²) in [5.74, 6) is 0.578. The number of carbonyl (C=O) groups is 1. The molecule has 0 bridgehead atoms. The lowest BCUT2D eigenvalue weighted by Crippen LogP contribution is -2.17. The maximum atomic E-state index is 11.9. The molecule has 0 radical (unpaired) electrons. The van der Waals surface area contributed by atoms with Crippen LogP contribution in [-0.4, -0.2) is 18.9 Å². The molecule has 1 unspecified atom stereocenters. The number of ketones is 1. The average molecular weight is 219 g/mol. The van der Waals surface area contributed by atoms with Crippen molar-refractivity contribution in [3.8, 4) is 5.75 Å². The Balaban J connectivity index is 2.43. The first-order chi connectivity index (χ1) is 7.76. The summed E-state index contributed by atoms with van der Waals surface area (Å²) >= 11 is 0. The lowest BCUT2D eigenvalue weighted by molar-refractivity contribution is 0.0960. The number of rotatable bonds is 2. The molecule has 1 aromatic rings. The molecule has 1 aliphatic rings. The number of methoxy groups -OCH3 is 1. The van der Waals surface area contributed by atoms with Crippen molar-refractivity contribution < 1.29 is 9.53 Å².